The highest BCUT2D eigenvalue weighted by Gasteiger charge is 2.19. The number of aromatic hydroxyl groups is 1. The first-order valence-electron chi connectivity index (χ1n) is 20.0. The van der Waals surface area contributed by atoms with Gasteiger partial charge in [0, 0.05) is 0 Å². The molecule has 0 spiro atoms. The molecule has 0 aliphatic rings. The number of hydrogen-bond donors (Lipinski definition) is 3. The summed E-state index contributed by atoms with van der Waals surface area (Å²) in [5.41, 5.74) is -0.0836. The van der Waals surface area contributed by atoms with Gasteiger partial charge in [0.05, 0.1) is 34.4 Å². The Hall–Kier alpha value is -3.44. The van der Waals surface area contributed by atoms with E-state index in [0.29, 0.717) is 24.7 Å². The number of unbranched alkanes of at least 4 members (excludes halogenated alkanes) is 18. The summed E-state index contributed by atoms with van der Waals surface area (Å²) in [4.78, 5) is -0.000822. The maximum Gasteiger partial charge on any atom is 0.262 e. The average molecular weight is 773 g/mol. The monoisotopic (exact) mass is 772 g/mol. The molecule has 0 bridgehead atoms. The number of sulfonamides is 2. The van der Waals surface area contributed by atoms with Crippen molar-refractivity contribution in [1.82, 2.24) is 0 Å². The molecule has 0 amide bonds. The van der Waals surface area contributed by atoms with E-state index in [4.69, 9.17) is 9.47 Å². The van der Waals surface area contributed by atoms with Crippen molar-refractivity contribution in [3.05, 3.63) is 66.7 Å². The predicted molar refractivity (Wildman–Crippen MR) is 217 cm³/mol. The van der Waals surface area contributed by atoms with Crippen LogP contribution in [-0.2, 0) is 20.0 Å². The lowest BCUT2D eigenvalue weighted by Gasteiger charge is -2.14. The Morgan fingerprint density at radius 1 is 0.472 bits per heavy atom. The molecule has 0 saturated carbocycles. The molecule has 3 rings (SSSR count). The van der Waals surface area contributed by atoms with Crippen molar-refractivity contribution in [2.75, 3.05) is 22.7 Å². The van der Waals surface area contributed by atoms with Crippen molar-refractivity contribution in [1.29, 1.82) is 0 Å². The molecule has 0 aliphatic carbocycles. The van der Waals surface area contributed by atoms with Gasteiger partial charge in [-0.3, -0.25) is 9.44 Å². The third kappa shape index (κ3) is 17.5. The van der Waals surface area contributed by atoms with Crippen molar-refractivity contribution < 1.29 is 31.4 Å². The zero-order valence-electron chi connectivity index (χ0n) is 32.1. The first-order valence-corrected chi connectivity index (χ1v) is 23.0. The van der Waals surface area contributed by atoms with Crippen LogP contribution in [-0.4, -0.2) is 35.2 Å². The van der Waals surface area contributed by atoms with Crippen LogP contribution in [0.2, 0.25) is 0 Å². The van der Waals surface area contributed by atoms with E-state index in [0.717, 1.165) is 25.7 Å². The highest BCUT2D eigenvalue weighted by Crippen LogP contribution is 2.31. The first-order chi connectivity index (χ1) is 25.6. The normalized spacial score (nSPS) is 11.7. The number of anilines is 2. The molecule has 0 radical (unpaired) electrons. The van der Waals surface area contributed by atoms with Gasteiger partial charge in [0.25, 0.3) is 20.0 Å². The van der Waals surface area contributed by atoms with E-state index in [9.17, 15) is 21.9 Å². The fourth-order valence-electron chi connectivity index (χ4n) is 6.09. The van der Waals surface area contributed by atoms with E-state index in [1.165, 1.54) is 145 Å². The molecule has 9 nitrogen and oxygen atoms in total. The number of nitrogens with one attached hydrogen (secondary N) is 2. The number of ether oxygens (including phenoxy) is 2. The Morgan fingerprint density at radius 2 is 0.830 bits per heavy atom. The van der Waals surface area contributed by atoms with E-state index in [2.05, 4.69) is 23.3 Å². The van der Waals surface area contributed by atoms with Gasteiger partial charge in [-0.2, -0.15) is 0 Å². The lowest BCUT2D eigenvalue weighted by Crippen LogP contribution is -2.15. The fraction of sp³-hybridized carbons (Fsp3) is 0.571. The molecule has 53 heavy (non-hydrogen) atoms. The van der Waals surface area contributed by atoms with Crippen LogP contribution < -0.4 is 18.9 Å². The predicted octanol–water partition coefficient (Wildman–Crippen LogP) is 11.6. The summed E-state index contributed by atoms with van der Waals surface area (Å²) in [6, 6.07) is 16.1. The second kappa shape index (κ2) is 24.8. The fourth-order valence-corrected chi connectivity index (χ4v) is 8.20. The van der Waals surface area contributed by atoms with Crippen LogP contribution in [0.1, 0.15) is 142 Å². The van der Waals surface area contributed by atoms with Crippen molar-refractivity contribution in [3.8, 4) is 17.2 Å². The molecular weight excluding hydrogens is 709 g/mol. The van der Waals surface area contributed by atoms with Gasteiger partial charge in [0.1, 0.15) is 17.2 Å². The number of hydrogen-bond acceptors (Lipinski definition) is 7. The molecule has 3 aromatic carbocycles. The summed E-state index contributed by atoms with van der Waals surface area (Å²) >= 11 is 0. The zero-order valence-corrected chi connectivity index (χ0v) is 33.8. The molecule has 11 heteroatoms. The van der Waals surface area contributed by atoms with E-state index in [1.807, 2.05) is 0 Å². The van der Waals surface area contributed by atoms with Crippen LogP contribution in [0.15, 0.2) is 76.5 Å². The maximum absolute atomic E-state index is 13.2. The Kier molecular flexibility index (Phi) is 20.6. The van der Waals surface area contributed by atoms with Gasteiger partial charge in [-0.05, 0) is 79.6 Å². The van der Waals surface area contributed by atoms with Crippen LogP contribution in [0.25, 0.3) is 0 Å². The van der Waals surface area contributed by atoms with Crippen LogP contribution in [0.4, 0.5) is 11.4 Å². The topological polar surface area (TPSA) is 131 Å². The minimum absolute atomic E-state index is 0.0227. The molecule has 0 heterocycles. The Labute approximate surface area is 320 Å². The molecule has 0 aliphatic heterocycles. The molecular formula is C42H64N2O7S2. The minimum atomic E-state index is -4.09. The summed E-state index contributed by atoms with van der Waals surface area (Å²) in [6.45, 7) is 5.61. The Bertz CT molecular complexity index is 1650. The van der Waals surface area contributed by atoms with Crippen LogP contribution in [0, 0.1) is 0 Å². The van der Waals surface area contributed by atoms with Gasteiger partial charge >= 0.3 is 0 Å². The molecule has 0 aromatic heterocycles. The standard InChI is InChI=1S/C42H64N2O7S2/c1-3-5-7-9-11-13-15-17-19-21-33-50-37-24-28-39(29-25-37)52(46,47)43-36-23-32-42(45)41(35-36)44-53(48,49)40-30-26-38(27-31-40)51-34-22-20-18-16-14-12-10-8-6-4-2/h23-32,35,43-45H,3-22,33-34H2,1-2H3. The SMILES string of the molecule is CCCCCCCCCCCCOc1ccc(S(=O)(=O)Nc2ccc(O)c(NS(=O)(=O)c3ccc(OCCCCCCCCCCCC)cc3)c2)cc1. The molecule has 0 saturated heterocycles. The molecule has 0 unspecified atom stereocenters. The third-order valence-corrected chi connectivity index (χ3v) is 12.1. The van der Waals surface area contributed by atoms with Gasteiger partial charge in [0.2, 0.25) is 0 Å². The van der Waals surface area contributed by atoms with Gasteiger partial charge in [-0.1, -0.05) is 129 Å². The second-order valence-corrected chi connectivity index (χ2v) is 17.3. The Morgan fingerprint density at radius 3 is 1.23 bits per heavy atom. The number of rotatable bonds is 30. The van der Waals surface area contributed by atoms with Crippen LogP contribution in [0.3, 0.4) is 0 Å². The van der Waals surface area contributed by atoms with E-state index in [-0.39, 0.29) is 26.9 Å². The molecule has 0 fully saturated rings. The van der Waals surface area contributed by atoms with Crippen LogP contribution >= 0.6 is 0 Å². The molecule has 3 N–H and O–H groups in total. The third-order valence-electron chi connectivity index (χ3n) is 9.29. The largest absolute Gasteiger partial charge is 0.506 e. The van der Waals surface area contributed by atoms with Crippen molar-refractivity contribution >= 4 is 31.4 Å². The van der Waals surface area contributed by atoms with Gasteiger partial charge in [-0.25, -0.2) is 16.8 Å². The average Bonchev–Trinajstić information content (AvgIpc) is 3.14. The van der Waals surface area contributed by atoms with Crippen LogP contribution in [0.5, 0.6) is 17.2 Å². The summed E-state index contributed by atoms with van der Waals surface area (Å²) in [7, 11) is -8.10. The summed E-state index contributed by atoms with van der Waals surface area (Å²) < 4.78 is 69.0. The Balaban J connectivity index is 1.41. The zero-order chi connectivity index (χ0) is 38.2. The van der Waals surface area contributed by atoms with Crippen molar-refractivity contribution in [3.63, 3.8) is 0 Å². The maximum atomic E-state index is 13.2. The highest BCUT2D eigenvalue weighted by atomic mass is 32.2. The molecule has 3 aromatic rings. The lowest BCUT2D eigenvalue weighted by molar-refractivity contribution is 0.304. The summed E-state index contributed by atoms with van der Waals surface area (Å²) in [5, 5.41) is 10.4. The van der Waals surface area contributed by atoms with E-state index >= 15 is 0 Å². The number of phenols is 1. The van der Waals surface area contributed by atoms with E-state index in [1.54, 1.807) is 24.3 Å². The first kappa shape index (κ1) is 44.0. The van der Waals surface area contributed by atoms with Crippen molar-refractivity contribution in [2.45, 2.75) is 152 Å². The minimum Gasteiger partial charge on any atom is -0.506 e. The van der Waals surface area contributed by atoms with Gasteiger partial charge in [-0.15, -0.1) is 0 Å². The van der Waals surface area contributed by atoms with E-state index < -0.39 is 20.0 Å². The van der Waals surface area contributed by atoms with Gasteiger partial charge in [0.15, 0.2) is 0 Å². The highest BCUT2D eigenvalue weighted by molar-refractivity contribution is 7.93. The van der Waals surface area contributed by atoms with Crippen molar-refractivity contribution in [2.24, 2.45) is 0 Å². The second-order valence-electron chi connectivity index (χ2n) is 13.9. The molecule has 0 atom stereocenters. The lowest BCUT2D eigenvalue weighted by atomic mass is 10.1. The quantitative estimate of drug-likeness (QED) is 0.0349. The smallest absolute Gasteiger partial charge is 0.262 e. The molecule has 296 valence electrons. The van der Waals surface area contributed by atoms with Gasteiger partial charge < -0.3 is 14.6 Å². The summed E-state index contributed by atoms with van der Waals surface area (Å²) in [5.74, 6) is 0.819. The number of benzene rings is 3. The summed E-state index contributed by atoms with van der Waals surface area (Å²) in [6.07, 6.45) is 24.8. The number of phenolic OH excluding ortho intramolecular Hbond substituents is 1.